The van der Waals surface area contributed by atoms with Gasteiger partial charge in [-0.25, -0.2) is 8.42 Å². The third-order valence-corrected chi connectivity index (χ3v) is 6.28. The van der Waals surface area contributed by atoms with E-state index in [1.165, 1.54) is 0 Å². The van der Waals surface area contributed by atoms with E-state index in [0.29, 0.717) is 17.1 Å². The summed E-state index contributed by atoms with van der Waals surface area (Å²) in [7, 11) is -3.56. The van der Waals surface area contributed by atoms with Crippen molar-refractivity contribution >= 4 is 15.7 Å². The molecule has 0 saturated carbocycles. The zero-order chi connectivity index (χ0) is 21.0. The van der Waals surface area contributed by atoms with Crippen molar-refractivity contribution in [1.29, 1.82) is 0 Å². The Morgan fingerprint density at radius 2 is 1.57 bits per heavy atom. The minimum absolute atomic E-state index is 0.206. The molecule has 0 saturated heterocycles. The van der Waals surface area contributed by atoms with Crippen LogP contribution in [0.1, 0.15) is 16.1 Å². The van der Waals surface area contributed by atoms with Gasteiger partial charge in [-0.05, 0) is 48.0 Å². The highest BCUT2D eigenvalue weighted by molar-refractivity contribution is 7.91. The monoisotopic (exact) mass is 418 g/mol. The van der Waals surface area contributed by atoms with Gasteiger partial charge in [0.2, 0.25) is 9.84 Å². The van der Waals surface area contributed by atoms with Gasteiger partial charge < -0.3 is 5.32 Å². The van der Waals surface area contributed by atoms with Crippen LogP contribution in [0, 0.1) is 0 Å². The van der Waals surface area contributed by atoms with Crippen LogP contribution in [0.5, 0.6) is 0 Å². The fourth-order valence-corrected chi connectivity index (χ4v) is 4.17. The molecule has 8 heteroatoms. The number of aromatic nitrogens is 3. The summed E-state index contributed by atoms with van der Waals surface area (Å²) in [5.41, 5.74) is 2.35. The van der Waals surface area contributed by atoms with Gasteiger partial charge in [0.1, 0.15) is 11.4 Å². The summed E-state index contributed by atoms with van der Waals surface area (Å²) in [4.78, 5) is 17.0. The van der Waals surface area contributed by atoms with Gasteiger partial charge in [0, 0.05) is 12.7 Å². The fourth-order valence-electron chi connectivity index (χ4n) is 2.88. The summed E-state index contributed by atoms with van der Waals surface area (Å²) < 4.78 is 25.3. The Bertz CT molecular complexity index is 1250. The number of benzene rings is 2. The first-order chi connectivity index (χ1) is 14.5. The zero-order valence-corrected chi connectivity index (χ0v) is 16.6. The number of amides is 1. The van der Waals surface area contributed by atoms with E-state index < -0.39 is 9.84 Å². The first-order valence-corrected chi connectivity index (χ1v) is 10.7. The van der Waals surface area contributed by atoms with Gasteiger partial charge in [-0.1, -0.05) is 36.4 Å². The molecule has 0 unspecified atom stereocenters. The molecule has 2 N–H and O–H groups in total. The number of H-pyrrole nitrogens is 1. The second-order valence-electron chi connectivity index (χ2n) is 6.52. The maximum atomic E-state index is 12.6. The van der Waals surface area contributed by atoms with Crippen LogP contribution in [0.4, 0.5) is 0 Å². The van der Waals surface area contributed by atoms with Crippen molar-refractivity contribution in [3.05, 3.63) is 96.3 Å². The molecule has 4 aromatic rings. The Labute approximate surface area is 173 Å². The standard InChI is InChI=1S/C22H18N4O3S/c27-22(21-14-20(25-26-21)19-8-4-5-13-23-19)24-15-16-9-11-18(12-10-16)30(28,29)17-6-2-1-3-7-17/h1-14H,15H2,(H,24,27)(H,25,26). The fraction of sp³-hybridized carbons (Fsp3) is 0.0455. The number of nitrogens with one attached hydrogen (secondary N) is 2. The summed E-state index contributed by atoms with van der Waals surface area (Å²) in [5, 5.41) is 9.61. The summed E-state index contributed by atoms with van der Waals surface area (Å²) in [6.45, 7) is 0.252. The molecule has 7 nitrogen and oxygen atoms in total. The second kappa shape index (κ2) is 8.30. The Kier molecular flexibility index (Phi) is 5.40. The predicted molar refractivity (Wildman–Crippen MR) is 111 cm³/mol. The van der Waals surface area contributed by atoms with Gasteiger partial charge in [-0.15, -0.1) is 0 Å². The molecule has 0 bridgehead atoms. The van der Waals surface area contributed by atoms with Crippen molar-refractivity contribution in [1.82, 2.24) is 20.5 Å². The third kappa shape index (κ3) is 4.13. The molecule has 0 spiro atoms. The minimum Gasteiger partial charge on any atom is -0.347 e. The minimum atomic E-state index is -3.56. The first-order valence-electron chi connectivity index (χ1n) is 9.18. The molecule has 0 atom stereocenters. The van der Waals surface area contributed by atoms with Crippen LogP contribution < -0.4 is 5.32 Å². The van der Waals surface area contributed by atoms with E-state index in [2.05, 4.69) is 20.5 Å². The second-order valence-corrected chi connectivity index (χ2v) is 8.47. The number of sulfone groups is 1. The molecule has 4 rings (SSSR count). The molecular formula is C22H18N4O3S. The van der Waals surface area contributed by atoms with Gasteiger partial charge in [-0.2, -0.15) is 5.10 Å². The Balaban J connectivity index is 1.41. The Morgan fingerprint density at radius 1 is 0.867 bits per heavy atom. The van der Waals surface area contributed by atoms with Gasteiger partial charge in [-0.3, -0.25) is 14.9 Å². The van der Waals surface area contributed by atoms with E-state index in [4.69, 9.17) is 0 Å². The number of carbonyl (C=O) groups excluding carboxylic acids is 1. The molecule has 0 aliphatic heterocycles. The summed E-state index contributed by atoms with van der Waals surface area (Å²) in [6.07, 6.45) is 1.66. The molecular weight excluding hydrogens is 400 g/mol. The summed E-state index contributed by atoms with van der Waals surface area (Å²) in [6, 6.07) is 21.8. The molecule has 0 fully saturated rings. The van der Waals surface area contributed by atoms with E-state index >= 15 is 0 Å². The molecule has 2 aromatic carbocycles. The number of aromatic amines is 1. The quantitative estimate of drug-likeness (QED) is 0.500. The Morgan fingerprint density at radius 3 is 2.27 bits per heavy atom. The summed E-state index contributed by atoms with van der Waals surface area (Å²) in [5.74, 6) is -0.314. The largest absolute Gasteiger partial charge is 0.347 e. The van der Waals surface area contributed by atoms with Gasteiger partial charge >= 0.3 is 0 Å². The lowest BCUT2D eigenvalue weighted by Gasteiger charge is -2.07. The third-order valence-electron chi connectivity index (χ3n) is 4.49. The van der Waals surface area contributed by atoms with E-state index in [-0.39, 0.29) is 22.2 Å². The molecule has 2 aromatic heterocycles. The maximum Gasteiger partial charge on any atom is 0.269 e. The average molecular weight is 418 g/mol. The van der Waals surface area contributed by atoms with E-state index in [9.17, 15) is 13.2 Å². The lowest BCUT2D eigenvalue weighted by Crippen LogP contribution is -2.23. The summed E-state index contributed by atoms with van der Waals surface area (Å²) >= 11 is 0. The highest BCUT2D eigenvalue weighted by Gasteiger charge is 2.17. The molecule has 30 heavy (non-hydrogen) atoms. The van der Waals surface area contributed by atoms with E-state index in [1.807, 2.05) is 12.1 Å². The van der Waals surface area contributed by atoms with Gasteiger partial charge in [0.25, 0.3) is 5.91 Å². The van der Waals surface area contributed by atoms with Crippen molar-refractivity contribution in [2.24, 2.45) is 0 Å². The lowest BCUT2D eigenvalue weighted by molar-refractivity contribution is 0.0946. The smallest absolute Gasteiger partial charge is 0.269 e. The van der Waals surface area contributed by atoms with Crippen molar-refractivity contribution in [3.63, 3.8) is 0 Å². The molecule has 0 aliphatic carbocycles. The molecule has 0 radical (unpaired) electrons. The normalized spacial score (nSPS) is 11.2. The van der Waals surface area contributed by atoms with Crippen LogP contribution in [-0.4, -0.2) is 29.5 Å². The number of nitrogens with zero attached hydrogens (tertiary/aromatic N) is 2. The maximum absolute atomic E-state index is 12.6. The van der Waals surface area contributed by atoms with Crippen molar-refractivity contribution < 1.29 is 13.2 Å². The number of hydrogen-bond acceptors (Lipinski definition) is 5. The molecule has 150 valence electrons. The Hall–Kier alpha value is -3.78. The number of carbonyl (C=O) groups is 1. The van der Waals surface area contributed by atoms with Gasteiger partial charge in [0.15, 0.2) is 0 Å². The van der Waals surface area contributed by atoms with Crippen LogP contribution in [0.3, 0.4) is 0 Å². The topological polar surface area (TPSA) is 105 Å². The highest BCUT2D eigenvalue weighted by atomic mass is 32.2. The molecule has 0 aliphatic rings. The van der Waals surface area contributed by atoms with E-state index in [0.717, 1.165) is 5.56 Å². The highest BCUT2D eigenvalue weighted by Crippen LogP contribution is 2.21. The van der Waals surface area contributed by atoms with Crippen molar-refractivity contribution in [2.75, 3.05) is 0 Å². The average Bonchev–Trinajstić information content (AvgIpc) is 3.29. The van der Waals surface area contributed by atoms with Crippen molar-refractivity contribution in [2.45, 2.75) is 16.3 Å². The van der Waals surface area contributed by atoms with Crippen LogP contribution >= 0.6 is 0 Å². The zero-order valence-electron chi connectivity index (χ0n) is 15.8. The van der Waals surface area contributed by atoms with Gasteiger partial charge in [0.05, 0.1) is 15.5 Å². The number of rotatable bonds is 6. The van der Waals surface area contributed by atoms with E-state index in [1.54, 1.807) is 72.9 Å². The van der Waals surface area contributed by atoms with Crippen LogP contribution in [0.2, 0.25) is 0 Å². The van der Waals surface area contributed by atoms with Crippen molar-refractivity contribution in [3.8, 4) is 11.4 Å². The van der Waals surface area contributed by atoms with Crippen LogP contribution in [0.15, 0.2) is 94.9 Å². The van der Waals surface area contributed by atoms with Crippen LogP contribution in [-0.2, 0) is 16.4 Å². The molecule has 1 amide bonds. The first kappa shape index (κ1) is 19.5. The number of hydrogen-bond donors (Lipinski definition) is 2. The van der Waals surface area contributed by atoms with Crippen LogP contribution in [0.25, 0.3) is 11.4 Å². The SMILES string of the molecule is O=C(NCc1ccc(S(=O)(=O)c2ccccc2)cc1)c1cc(-c2ccccn2)n[nH]1. The lowest BCUT2D eigenvalue weighted by atomic mass is 10.2. The molecule has 2 heterocycles. The number of pyridine rings is 1. The predicted octanol–water partition coefficient (Wildman–Crippen LogP) is 3.23.